The number of Topliss-reactive ketones (excluding diaryl/α,β-unsaturated/α-hetero) is 1. The molecule has 7 nitrogen and oxygen atoms in total. The Bertz CT molecular complexity index is 963. The van der Waals surface area contributed by atoms with Gasteiger partial charge in [0.2, 0.25) is 5.75 Å². The van der Waals surface area contributed by atoms with Gasteiger partial charge in [0.1, 0.15) is 11.9 Å². The number of benzene rings is 1. The molecule has 1 saturated heterocycles. The van der Waals surface area contributed by atoms with E-state index < -0.39 is 6.10 Å². The van der Waals surface area contributed by atoms with E-state index in [0.29, 0.717) is 12.3 Å². The molecule has 0 spiro atoms. The Balaban J connectivity index is 1.93. The van der Waals surface area contributed by atoms with Crippen LogP contribution in [0.2, 0.25) is 0 Å². The van der Waals surface area contributed by atoms with Crippen LogP contribution in [-0.4, -0.2) is 59.4 Å². The quantitative estimate of drug-likeness (QED) is 0.283. The number of ether oxygens (including phenoxy) is 2. The molecular formula is C26H35NO6S2. The minimum Gasteiger partial charge on any atom is -0.504 e. The van der Waals surface area contributed by atoms with Gasteiger partial charge in [-0.2, -0.15) is 0 Å². The fourth-order valence-corrected chi connectivity index (χ4v) is 7.54. The molecule has 0 radical (unpaired) electrons. The van der Waals surface area contributed by atoms with Crippen LogP contribution in [-0.2, 0) is 14.3 Å². The Morgan fingerprint density at radius 3 is 2.63 bits per heavy atom. The van der Waals surface area contributed by atoms with Gasteiger partial charge in [-0.1, -0.05) is 47.4 Å². The normalized spacial score (nSPS) is 25.6. The fourth-order valence-electron chi connectivity index (χ4n) is 4.78. The van der Waals surface area contributed by atoms with Gasteiger partial charge in [0, 0.05) is 55.2 Å². The van der Waals surface area contributed by atoms with Crippen molar-refractivity contribution in [2.75, 3.05) is 25.2 Å². The number of esters is 1. The molecule has 2 aliphatic rings. The number of phenols is 2. The number of methoxy groups -OCH3 is 1. The van der Waals surface area contributed by atoms with Crippen molar-refractivity contribution in [2.45, 2.75) is 58.0 Å². The zero-order valence-electron chi connectivity index (χ0n) is 20.6. The highest BCUT2D eigenvalue weighted by atomic mass is 33.1. The van der Waals surface area contributed by atoms with Gasteiger partial charge in [-0.15, -0.1) is 0 Å². The molecule has 2 heterocycles. The van der Waals surface area contributed by atoms with Gasteiger partial charge < -0.3 is 19.7 Å². The van der Waals surface area contributed by atoms with Gasteiger partial charge >= 0.3 is 5.97 Å². The zero-order chi connectivity index (χ0) is 25.4. The predicted molar refractivity (Wildman–Crippen MR) is 142 cm³/mol. The average Bonchev–Trinajstić information content (AvgIpc) is 3.34. The van der Waals surface area contributed by atoms with E-state index in [0.717, 1.165) is 36.2 Å². The number of carbonyl (C=O) groups excluding carboxylic acids is 2. The summed E-state index contributed by atoms with van der Waals surface area (Å²) in [6.45, 7) is 4.20. The van der Waals surface area contributed by atoms with E-state index in [-0.39, 0.29) is 59.6 Å². The summed E-state index contributed by atoms with van der Waals surface area (Å²) in [6.07, 6.45) is 6.84. The van der Waals surface area contributed by atoms with Gasteiger partial charge in [0.25, 0.3) is 0 Å². The lowest BCUT2D eigenvalue weighted by Gasteiger charge is -2.33. The van der Waals surface area contributed by atoms with E-state index in [9.17, 15) is 19.8 Å². The number of phenolic OH excluding ortho intramolecular Hbond substituents is 2. The number of rotatable bonds is 7. The largest absolute Gasteiger partial charge is 0.504 e. The SMILES string of the molecule is CCCC[C@H]1[C@@H](OC(C)=O)CC(=O)C[C@@H](c2cc(O)c(O)c(OC)c2)CSSC[C@H]1C1=CCN=C1. The molecule has 3 rings (SSSR count). The molecule has 0 saturated carbocycles. The number of ketones is 1. The highest BCUT2D eigenvalue weighted by Gasteiger charge is 2.36. The minimum atomic E-state index is -0.501. The van der Waals surface area contributed by atoms with Gasteiger partial charge in [0.15, 0.2) is 11.5 Å². The molecular weight excluding hydrogens is 486 g/mol. The van der Waals surface area contributed by atoms with Crippen LogP contribution in [0.25, 0.3) is 0 Å². The summed E-state index contributed by atoms with van der Waals surface area (Å²) in [5.74, 6) is 0.668. The molecule has 0 bridgehead atoms. The van der Waals surface area contributed by atoms with Gasteiger partial charge in [-0.3, -0.25) is 14.6 Å². The molecule has 2 aliphatic heterocycles. The third-order valence-electron chi connectivity index (χ3n) is 6.58. The van der Waals surface area contributed by atoms with Crippen molar-refractivity contribution in [3.05, 3.63) is 29.3 Å². The van der Waals surface area contributed by atoms with Crippen molar-refractivity contribution in [3.8, 4) is 17.2 Å². The lowest BCUT2D eigenvalue weighted by atomic mass is 9.78. The van der Waals surface area contributed by atoms with Crippen LogP contribution in [0.15, 0.2) is 28.8 Å². The summed E-state index contributed by atoms with van der Waals surface area (Å²) in [6, 6.07) is 3.17. The number of hydrogen-bond acceptors (Lipinski definition) is 9. The molecule has 4 atom stereocenters. The third-order valence-corrected chi connectivity index (χ3v) is 9.09. The Labute approximate surface area is 215 Å². The maximum atomic E-state index is 13.4. The highest BCUT2D eigenvalue weighted by Crippen LogP contribution is 2.43. The van der Waals surface area contributed by atoms with Crippen molar-refractivity contribution in [1.82, 2.24) is 0 Å². The van der Waals surface area contributed by atoms with Gasteiger partial charge in [-0.05, 0) is 29.7 Å². The van der Waals surface area contributed by atoms with E-state index in [2.05, 4.69) is 18.0 Å². The molecule has 0 aromatic heterocycles. The average molecular weight is 522 g/mol. The monoisotopic (exact) mass is 521 g/mol. The fraction of sp³-hybridized carbons (Fsp3) is 0.577. The molecule has 0 amide bonds. The molecule has 0 aliphatic carbocycles. The first-order valence-corrected chi connectivity index (χ1v) is 14.6. The van der Waals surface area contributed by atoms with Gasteiger partial charge in [0.05, 0.1) is 13.7 Å². The van der Waals surface area contributed by atoms with E-state index in [1.165, 1.54) is 20.1 Å². The topological polar surface area (TPSA) is 105 Å². The molecule has 1 aromatic rings. The van der Waals surface area contributed by atoms with E-state index >= 15 is 0 Å². The first-order chi connectivity index (χ1) is 16.8. The van der Waals surface area contributed by atoms with Crippen molar-refractivity contribution in [2.24, 2.45) is 16.8 Å². The highest BCUT2D eigenvalue weighted by molar-refractivity contribution is 8.76. The van der Waals surface area contributed by atoms with Crippen LogP contribution >= 0.6 is 21.6 Å². The van der Waals surface area contributed by atoms with E-state index in [1.807, 2.05) is 6.21 Å². The van der Waals surface area contributed by atoms with Crippen molar-refractivity contribution in [1.29, 1.82) is 0 Å². The van der Waals surface area contributed by atoms with E-state index in [1.54, 1.807) is 27.7 Å². The Hall–Kier alpha value is -2.13. The maximum Gasteiger partial charge on any atom is 0.302 e. The Kier molecular flexibility index (Phi) is 10.4. The smallest absolute Gasteiger partial charge is 0.302 e. The van der Waals surface area contributed by atoms with Crippen LogP contribution in [0.5, 0.6) is 17.2 Å². The number of carbonyl (C=O) groups is 2. The summed E-state index contributed by atoms with van der Waals surface area (Å²) in [4.78, 5) is 29.8. The van der Waals surface area contributed by atoms with Crippen LogP contribution in [0.3, 0.4) is 0 Å². The second-order valence-corrected chi connectivity index (χ2v) is 11.6. The molecule has 192 valence electrons. The summed E-state index contributed by atoms with van der Waals surface area (Å²) < 4.78 is 11.0. The van der Waals surface area contributed by atoms with Crippen LogP contribution in [0.1, 0.15) is 57.4 Å². The molecule has 9 heteroatoms. The number of allylic oxidation sites excluding steroid dienone is 1. The number of unbranched alkanes of at least 4 members (excludes halogenated alkanes) is 1. The third kappa shape index (κ3) is 7.43. The molecule has 35 heavy (non-hydrogen) atoms. The Morgan fingerprint density at radius 1 is 1.20 bits per heavy atom. The van der Waals surface area contributed by atoms with Gasteiger partial charge in [-0.25, -0.2) is 0 Å². The summed E-state index contributed by atoms with van der Waals surface area (Å²) in [5.41, 5.74) is 1.89. The summed E-state index contributed by atoms with van der Waals surface area (Å²) in [5, 5.41) is 20.2. The molecule has 1 fully saturated rings. The number of hydrogen-bond donors (Lipinski definition) is 2. The molecule has 0 unspecified atom stereocenters. The first-order valence-electron chi connectivity index (χ1n) is 12.1. The van der Waals surface area contributed by atoms with Crippen LogP contribution in [0, 0.1) is 11.8 Å². The lowest BCUT2D eigenvalue weighted by molar-refractivity contribution is -0.151. The number of aromatic hydroxyl groups is 2. The van der Waals surface area contributed by atoms with Crippen LogP contribution in [0.4, 0.5) is 0 Å². The van der Waals surface area contributed by atoms with Crippen molar-refractivity contribution < 1.29 is 29.3 Å². The standard InChI is InChI=1S/C26H35NO6S2/c1-4-5-6-21-22(17-7-8-27-13-17)15-35-34-14-19(9-20(29)12-24(21)33-16(2)28)18-10-23(30)26(31)25(11-18)32-3/h7,10-11,13,19,21-22,24,30-31H,4-6,8-9,12,14-15H2,1-3H3/t19-,21-,22+,24+/m1/s1. The molecule has 2 N–H and O–H groups in total. The van der Waals surface area contributed by atoms with E-state index in [4.69, 9.17) is 9.47 Å². The molecule has 1 aromatic carbocycles. The zero-order valence-corrected chi connectivity index (χ0v) is 22.2. The minimum absolute atomic E-state index is 0.00889. The van der Waals surface area contributed by atoms with Crippen molar-refractivity contribution >= 4 is 39.6 Å². The lowest BCUT2D eigenvalue weighted by Crippen LogP contribution is -2.36. The van der Waals surface area contributed by atoms with Crippen molar-refractivity contribution in [3.63, 3.8) is 0 Å². The number of nitrogens with zero attached hydrogens (tertiary/aromatic N) is 1. The summed E-state index contributed by atoms with van der Waals surface area (Å²) >= 11 is 0. The Morgan fingerprint density at radius 2 is 1.97 bits per heavy atom. The second-order valence-electron chi connectivity index (χ2n) is 9.06. The summed E-state index contributed by atoms with van der Waals surface area (Å²) in [7, 11) is 4.87. The number of aliphatic imine (C=N–C) groups is 1. The first kappa shape index (κ1) is 27.5. The predicted octanol–water partition coefficient (Wildman–Crippen LogP) is 5.30. The second kappa shape index (κ2) is 13.3. The van der Waals surface area contributed by atoms with Crippen LogP contribution < -0.4 is 4.74 Å². The maximum absolute atomic E-state index is 13.4.